The van der Waals surface area contributed by atoms with Crippen LogP contribution in [-0.4, -0.2) is 32.1 Å². The smallest absolute Gasteiger partial charge is 0.150 e. The first-order valence-electron chi connectivity index (χ1n) is 6.73. The molecule has 0 saturated carbocycles. The Labute approximate surface area is 114 Å². The van der Waals surface area contributed by atoms with E-state index in [0.29, 0.717) is 12.8 Å². The number of fused-ring (bicyclic) bond motifs is 1. The van der Waals surface area contributed by atoms with Gasteiger partial charge in [0.1, 0.15) is 11.4 Å². The first kappa shape index (κ1) is 12.8. The molecule has 0 aromatic heterocycles. The van der Waals surface area contributed by atoms with Gasteiger partial charge in [-0.05, 0) is 25.0 Å². The molecule has 3 rings (SSSR count). The number of benzene rings is 1. The molecule has 2 aliphatic rings. The van der Waals surface area contributed by atoms with Crippen LogP contribution in [0, 0.1) is 0 Å². The first-order chi connectivity index (χ1) is 8.98. The monoisotopic (exact) mass is 281 g/mol. The van der Waals surface area contributed by atoms with Crippen molar-refractivity contribution >= 4 is 15.5 Å². The standard InChI is InChI=1S/C14H19NO3S/c1-14(6-9-19(16,17)10-7-14)18-12-4-2-3-11-5-8-15-13(11)12/h2-4,15H,5-10H2,1H3. The Morgan fingerprint density at radius 2 is 2.00 bits per heavy atom. The highest BCUT2D eigenvalue weighted by Gasteiger charge is 2.36. The summed E-state index contributed by atoms with van der Waals surface area (Å²) in [6.07, 6.45) is 2.16. The van der Waals surface area contributed by atoms with Crippen molar-refractivity contribution in [3.63, 3.8) is 0 Å². The van der Waals surface area contributed by atoms with E-state index < -0.39 is 9.84 Å². The lowest BCUT2D eigenvalue weighted by atomic mass is 9.99. The number of sulfone groups is 1. The van der Waals surface area contributed by atoms with Crippen molar-refractivity contribution in [2.75, 3.05) is 23.4 Å². The average molecular weight is 281 g/mol. The summed E-state index contributed by atoms with van der Waals surface area (Å²) in [6, 6.07) is 6.07. The van der Waals surface area contributed by atoms with Crippen LogP contribution in [0.25, 0.3) is 0 Å². The zero-order valence-corrected chi connectivity index (χ0v) is 11.9. The minimum absolute atomic E-state index is 0.228. The SMILES string of the molecule is CC1(Oc2cccc3c2NCC3)CCS(=O)(=O)CC1. The van der Waals surface area contributed by atoms with E-state index in [4.69, 9.17) is 4.74 Å². The van der Waals surface area contributed by atoms with Gasteiger partial charge in [0.15, 0.2) is 9.84 Å². The molecule has 19 heavy (non-hydrogen) atoms. The molecule has 0 aliphatic carbocycles. The molecule has 2 heterocycles. The number of hydrogen-bond donors (Lipinski definition) is 1. The Morgan fingerprint density at radius 3 is 2.74 bits per heavy atom. The maximum Gasteiger partial charge on any atom is 0.150 e. The van der Waals surface area contributed by atoms with Gasteiger partial charge >= 0.3 is 0 Å². The Hall–Kier alpha value is -1.23. The van der Waals surface area contributed by atoms with E-state index in [2.05, 4.69) is 11.4 Å². The van der Waals surface area contributed by atoms with E-state index in [1.165, 1.54) is 5.56 Å². The van der Waals surface area contributed by atoms with Crippen molar-refractivity contribution in [3.8, 4) is 5.75 Å². The van der Waals surface area contributed by atoms with E-state index in [1.54, 1.807) is 0 Å². The second-order valence-electron chi connectivity index (χ2n) is 5.67. The van der Waals surface area contributed by atoms with Crippen molar-refractivity contribution in [1.82, 2.24) is 0 Å². The fraction of sp³-hybridized carbons (Fsp3) is 0.571. The zero-order chi connectivity index (χ0) is 13.5. The fourth-order valence-electron chi connectivity index (χ4n) is 2.73. The summed E-state index contributed by atoms with van der Waals surface area (Å²) in [7, 11) is -2.85. The third-order valence-electron chi connectivity index (χ3n) is 4.05. The molecule has 1 N–H and O–H groups in total. The van der Waals surface area contributed by atoms with E-state index in [9.17, 15) is 8.42 Å². The molecule has 1 aromatic rings. The van der Waals surface area contributed by atoms with Crippen LogP contribution in [0.3, 0.4) is 0 Å². The lowest BCUT2D eigenvalue weighted by molar-refractivity contribution is 0.0788. The maximum atomic E-state index is 11.5. The molecule has 4 nitrogen and oxygen atoms in total. The summed E-state index contributed by atoms with van der Waals surface area (Å²) >= 11 is 0. The Bertz CT molecular complexity index is 581. The fourth-order valence-corrected chi connectivity index (χ4v) is 4.42. The molecule has 0 spiro atoms. The minimum Gasteiger partial charge on any atom is -0.485 e. The maximum absolute atomic E-state index is 11.5. The van der Waals surface area contributed by atoms with Gasteiger partial charge in [0.05, 0.1) is 17.2 Å². The number of ether oxygens (including phenoxy) is 1. The highest BCUT2D eigenvalue weighted by atomic mass is 32.2. The molecule has 104 valence electrons. The van der Waals surface area contributed by atoms with Crippen LogP contribution in [-0.2, 0) is 16.3 Å². The Balaban J connectivity index is 1.81. The Kier molecular flexibility index (Phi) is 2.96. The van der Waals surface area contributed by atoms with E-state index in [0.717, 1.165) is 24.4 Å². The summed E-state index contributed by atoms with van der Waals surface area (Å²) in [6.45, 7) is 2.96. The topological polar surface area (TPSA) is 55.4 Å². The largest absolute Gasteiger partial charge is 0.485 e. The molecule has 0 atom stereocenters. The average Bonchev–Trinajstić information content (AvgIpc) is 2.83. The van der Waals surface area contributed by atoms with Crippen LogP contribution < -0.4 is 10.1 Å². The molecule has 0 bridgehead atoms. The number of nitrogens with one attached hydrogen (secondary N) is 1. The quantitative estimate of drug-likeness (QED) is 0.901. The summed E-state index contributed by atoms with van der Waals surface area (Å²) in [5.41, 5.74) is 1.99. The lowest BCUT2D eigenvalue weighted by Gasteiger charge is -2.34. The highest BCUT2D eigenvalue weighted by molar-refractivity contribution is 7.91. The lowest BCUT2D eigenvalue weighted by Crippen LogP contribution is -2.41. The second kappa shape index (κ2) is 4.40. The van der Waals surface area contributed by atoms with Gasteiger partial charge in [-0.15, -0.1) is 0 Å². The molecule has 0 unspecified atom stereocenters. The van der Waals surface area contributed by atoms with Gasteiger partial charge in [-0.25, -0.2) is 8.42 Å². The number of hydrogen-bond acceptors (Lipinski definition) is 4. The molecular formula is C14H19NO3S. The molecule has 0 amide bonds. The van der Waals surface area contributed by atoms with Gasteiger partial charge in [0, 0.05) is 19.4 Å². The van der Waals surface area contributed by atoms with Gasteiger partial charge in [-0.2, -0.15) is 0 Å². The molecule has 1 saturated heterocycles. The molecule has 1 aromatic carbocycles. The molecular weight excluding hydrogens is 262 g/mol. The van der Waals surface area contributed by atoms with Crippen LogP contribution in [0.4, 0.5) is 5.69 Å². The highest BCUT2D eigenvalue weighted by Crippen LogP contribution is 2.37. The molecule has 2 aliphatic heterocycles. The zero-order valence-electron chi connectivity index (χ0n) is 11.1. The van der Waals surface area contributed by atoms with Gasteiger partial charge in [-0.1, -0.05) is 12.1 Å². The van der Waals surface area contributed by atoms with Crippen LogP contribution in [0.5, 0.6) is 5.75 Å². The van der Waals surface area contributed by atoms with Crippen LogP contribution in [0.1, 0.15) is 25.3 Å². The summed E-state index contributed by atoms with van der Waals surface area (Å²) in [5, 5.41) is 3.35. The molecule has 5 heteroatoms. The third-order valence-corrected chi connectivity index (χ3v) is 5.70. The van der Waals surface area contributed by atoms with Gasteiger partial charge in [0.2, 0.25) is 0 Å². The molecule has 1 fully saturated rings. The van der Waals surface area contributed by atoms with Crippen molar-refractivity contribution in [2.24, 2.45) is 0 Å². The minimum atomic E-state index is -2.85. The Morgan fingerprint density at radius 1 is 1.26 bits per heavy atom. The van der Waals surface area contributed by atoms with Crippen LogP contribution in [0.15, 0.2) is 18.2 Å². The normalized spacial score (nSPS) is 23.4. The van der Waals surface area contributed by atoms with E-state index in [-0.39, 0.29) is 17.1 Å². The van der Waals surface area contributed by atoms with Crippen molar-refractivity contribution in [3.05, 3.63) is 23.8 Å². The predicted molar refractivity (Wildman–Crippen MR) is 75.6 cm³/mol. The van der Waals surface area contributed by atoms with E-state index >= 15 is 0 Å². The summed E-state index contributed by atoms with van der Waals surface area (Å²) < 4.78 is 29.2. The van der Waals surface area contributed by atoms with Crippen molar-refractivity contribution in [1.29, 1.82) is 0 Å². The number of anilines is 1. The van der Waals surface area contributed by atoms with E-state index in [1.807, 2.05) is 19.1 Å². The van der Waals surface area contributed by atoms with Gasteiger partial charge in [-0.3, -0.25) is 0 Å². The summed E-state index contributed by atoms with van der Waals surface area (Å²) in [5.74, 6) is 1.31. The number of rotatable bonds is 2. The third kappa shape index (κ3) is 2.56. The van der Waals surface area contributed by atoms with Gasteiger partial charge in [0.25, 0.3) is 0 Å². The number of para-hydroxylation sites is 1. The van der Waals surface area contributed by atoms with Crippen molar-refractivity contribution in [2.45, 2.75) is 31.8 Å². The van der Waals surface area contributed by atoms with Crippen LogP contribution >= 0.6 is 0 Å². The van der Waals surface area contributed by atoms with Crippen molar-refractivity contribution < 1.29 is 13.2 Å². The molecule has 0 radical (unpaired) electrons. The second-order valence-corrected chi connectivity index (χ2v) is 7.97. The predicted octanol–water partition coefficient (Wildman–Crippen LogP) is 2.00. The van der Waals surface area contributed by atoms with Gasteiger partial charge < -0.3 is 10.1 Å². The summed E-state index contributed by atoms with van der Waals surface area (Å²) in [4.78, 5) is 0. The van der Waals surface area contributed by atoms with Crippen LogP contribution in [0.2, 0.25) is 0 Å². The first-order valence-corrected chi connectivity index (χ1v) is 8.55.